The molecule has 25 heavy (non-hydrogen) atoms. The molecule has 0 saturated carbocycles. The summed E-state index contributed by atoms with van der Waals surface area (Å²) in [5.74, 6) is -0.440. The average molecular weight is 379 g/mol. The van der Waals surface area contributed by atoms with Crippen LogP contribution in [-0.4, -0.2) is 47.0 Å². The highest BCUT2D eigenvalue weighted by Gasteiger charge is 2.24. The van der Waals surface area contributed by atoms with Crippen molar-refractivity contribution < 1.29 is 13.2 Å². The van der Waals surface area contributed by atoms with Gasteiger partial charge >= 0.3 is 0 Å². The molecule has 0 radical (unpaired) electrons. The number of aromatic nitrogens is 3. The lowest BCUT2D eigenvalue weighted by molar-refractivity contribution is -0.116. The number of likely N-dealkylation sites (N-methyl/N-ethyl adjacent to an activating group) is 1. The highest BCUT2D eigenvalue weighted by molar-refractivity contribution is 7.91. The molecule has 0 aliphatic heterocycles. The Kier molecular flexibility index (Phi) is 4.58. The largest absolute Gasteiger partial charge is 0.324 e. The van der Waals surface area contributed by atoms with Crippen molar-refractivity contribution in [2.45, 2.75) is 11.1 Å². The summed E-state index contributed by atoms with van der Waals surface area (Å²) >= 11 is 1.11. The Morgan fingerprint density at radius 3 is 2.88 bits per heavy atom. The van der Waals surface area contributed by atoms with Crippen molar-refractivity contribution in [3.63, 3.8) is 0 Å². The molecule has 0 unspecified atom stereocenters. The number of carbonyl (C=O) groups is 1. The van der Waals surface area contributed by atoms with Crippen LogP contribution in [0.4, 0.5) is 5.69 Å². The van der Waals surface area contributed by atoms with Crippen LogP contribution < -0.4 is 5.32 Å². The molecule has 10 heteroatoms. The third-order valence-corrected chi connectivity index (χ3v) is 6.85. The fraction of sp³-hybridized carbons (Fsp3) is 0.267. The molecule has 3 aromatic heterocycles. The van der Waals surface area contributed by atoms with Crippen LogP contribution in [-0.2, 0) is 21.9 Å². The first-order valence-electron chi connectivity index (χ1n) is 7.38. The number of fused-ring (bicyclic) bond motifs is 1. The van der Waals surface area contributed by atoms with Gasteiger partial charge in [0.2, 0.25) is 5.91 Å². The maximum atomic E-state index is 12.3. The van der Waals surface area contributed by atoms with Crippen molar-refractivity contribution in [1.29, 1.82) is 0 Å². The lowest BCUT2D eigenvalue weighted by Crippen LogP contribution is -2.34. The van der Waals surface area contributed by atoms with Gasteiger partial charge in [0.1, 0.15) is 4.21 Å². The minimum Gasteiger partial charge on any atom is -0.324 e. The Morgan fingerprint density at radius 1 is 1.44 bits per heavy atom. The number of aryl methyl sites for hydroxylation is 2. The van der Waals surface area contributed by atoms with Gasteiger partial charge in [-0.25, -0.2) is 13.4 Å². The molecule has 8 nitrogen and oxygen atoms in total. The molecule has 1 amide bonds. The van der Waals surface area contributed by atoms with E-state index >= 15 is 0 Å². The minimum absolute atomic E-state index is 0.205. The van der Waals surface area contributed by atoms with Crippen LogP contribution in [0.3, 0.4) is 0 Å². The van der Waals surface area contributed by atoms with Gasteiger partial charge in [-0.15, -0.1) is 11.3 Å². The highest BCUT2D eigenvalue weighted by Crippen LogP contribution is 2.21. The molecule has 3 rings (SSSR count). The summed E-state index contributed by atoms with van der Waals surface area (Å²) in [5.41, 5.74) is 2.02. The molecule has 0 fully saturated rings. The van der Waals surface area contributed by atoms with Crippen molar-refractivity contribution in [3.8, 4) is 0 Å². The van der Waals surface area contributed by atoms with E-state index in [0.717, 1.165) is 26.7 Å². The average Bonchev–Trinajstić information content (AvgIpc) is 3.17. The SMILES string of the molecule is Cc1nn(C)c2ncc(NC(=O)CN(C)S(=O)(=O)c3cccs3)cc12. The zero-order valence-electron chi connectivity index (χ0n) is 13.9. The number of nitrogens with one attached hydrogen (secondary N) is 1. The van der Waals surface area contributed by atoms with Gasteiger partial charge in [0.15, 0.2) is 5.65 Å². The lowest BCUT2D eigenvalue weighted by Gasteiger charge is -2.15. The highest BCUT2D eigenvalue weighted by atomic mass is 32.2. The van der Waals surface area contributed by atoms with E-state index in [9.17, 15) is 13.2 Å². The van der Waals surface area contributed by atoms with Gasteiger partial charge in [0.25, 0.3) is 10.0 Å². The van der Waals surface area contributed by atoms with Crippen molar-refractivity contribution in [2.24, 2.45) is 7.05 Å². The minimum atomic E-state index is -3.66. The fourth-order valence-corrected chi connectivity index (χ4v) is 4.76. The lowest BCUT2D eigenvalue weighted by atomic mass is 10.2. The van der Waals surface area contributed by atoms with Crippen molar-refractivity contribution in [3.05, 3.63) is 35.5 Å². The predicted molar refractivity (Wildman–Crippen MR) is 96.0 cm³/mol. The Labute approximate surface area is 149 Å². The van der Waals surface area contributed by atoms with E-state index in [4.69, 9.17) is 0 Å². The van der Waals surface area contributed by atoms with Crippen LogP contribution in [0.5, 0.6) is 0 Å². The maximum absolute atomic E-state index is 12.3. The second-order valence-corrected chi connectivity index (χ2v) is 8.76. The summed E-state index contributed by atoms with van der Waals surface area (Å²) in [5, 5.41) is 9.46. The Hall–Kier alpha value is -2.30. The molecule has 0 bridgehead atoms. The van der Waals surface area contributed by atoms with Crippen LogP contribution in [0, 0.1) is 6.92 Å². The Balaban J connectivity index is 1.73. The topological polar surface area (TPSA) is 97.2 Å². The number of anilines is 1. The van der Waals surface area contributed by atoms with Gasteiger partial charge < -0.3 is 5.32 Å². The first-order chi connectivity index (χ1) is 11.8. The smallest absolute Gasteiger partial charge is 0.252 e. The van der Waals surface area contributed by atoms with Gasteiger partial charge in [0, 0.05) is 19.5 Å². The molecular formula is C15H17N5O3S2. The van der Waals surface area contributed by atoms with Gasteiger partial charge in [-0.3, -0.25) is 9.48 Å². The summed E-state index contributed by atoms with van der Waals surface area (Å²) in [7, 11) is -0.486. The van der Waals surface area contributed by atoms with Crippen LogP contribution in [0.1, 0.15) is 5.69 Å². The van der Waals surface area contributed by atoms with Gasteiger partial charge in [-0.2, -0.15) is 9.40 Å². The van der Waals surface area contributed by atoms with Gasteiger partial charge in [-0.05, 0) is 24.4 Å². The predicted octanol–water partition coefficient (Wildman–Crippen LogP) is 1.60. The number of carbonyl (C=O) groups excluding carboxylic acids is 1. The van der Waals surface area contributed by atoms with Gasteiger partial charge in [0.05, 0.1) is 24.1 Å². The second kappa shape index (κ2) is 6.54. The second-order valence-electron chi connectivity index (χ2n) is 5.55. The Bertz CT molecular complexity index is 1030. The van der Waals surface area contributed by atoms with E-state index in [2.05, 4.69) is 15.4 Å². The summed E-state index contributed by atoms with van der Waals surface area (Å²) < 4.78 is 27.6. The molecule has 0 aromatic carbocycles. The van der Waals surface area contributed by atoms with E-state index < -0.39 is 15.9 Å². The monoisotopic (exact) mass is 379 g/mol. The number of hydrogen-bond donors (Lipinski definition) is 1. The molecule has 0 spiro atoms. The van der Waals surface area contributed by atoms with E-state index in [-0.39, 0.29) is 10.8 Å². The first-order valence-corrected chi connectivity index (χ1v) is 9.70. The molecule has 132 valence electrons. The molecule has 0 aliphatic carbocycles. The fourth-order valence-electron chi connectivity index (χ4n) is 2.43. The quantitative estimate of drug-likeness (QED) is 0.726. The normalized spacial score (nSPS) is 12.0. The zero-order valence-corrected chi connectivity index (χ0v) is 15.6. The first kappa shape index (κ1) is 17.5. The van der Waals surface area contributed by atoms with Crippen LogP contribution in [0.15, 0.2) is 34.0 Å². The van der Waals surface area contributed by atoms with Crippen LogP contribution in [0.25, 0.3) is 11.0 Å². The maximum Gasteiger partial charge on any atom is 0.252 e. The standard InChI is InChI=1S/C15H17N5O3S2/c1-10-12-7-11(8-16-15(12)20(3)18-10)17-13(21)9-19(2)25(22,23)14-5-4-6-24-14/h4-8H,9H2,1-3H3,(H,17,21). The summed E-state index contributed by atoms with van der Waals surface area (Å²) in [4.78, 5) is 16.5. The zero-order chi connectivity index (χ0) is 18.2. The Morgan fingerprint density at radius 2 is 2.20 bits per heavy atom. The number of amides is 1. The number of hydrogen-bond acceptors (Lipinski definition) is 6. The number of sulfonamides is 1. The van der Waals surface area contributed by atoms with E-state index in [1.165, 1.54) is 19.3 Å². The molecule has 3 aromatic rings. The summed E-state index contributed by atoms with van der Waals surface area (Å²) in [6, 6.07) is 4.94. The molecule has 3 heterocycles. The van der Waals surface area contributed by atoms with Gasteiger partial charge in [-0.1, -0.05) is 6.07 Å². The molecule has 0 atom stereocenters. The van der Waals surface area contributed by atoms with Crippen LogP contribution >= 0.6 is 11.3 Å². The number of pyridine rings is 1. The number of nitrogens with zero attached hydrogens (tertiary/aromatic N) is 4. The molecule has 0 aliphatic rings. The van der Waals surface area contributed by atoms with E-state index in [1.807, 2.05) is 6.92 Å². The van der Waals surface area contributed by atoms with E-state index in [1.54, 1.807) is 29.2 Å². The third kappa shape index (κ3) is 3.41. The molecular weight excluding hydrogens is 362 g/mol. The summed E-state index contributed by atoms with van der Waals surface area (Å²) in [6.07, 6.45) is 1.52. The summed E-state index contributed by atoms with van der Waals surface area (Å²) in [6.45, 7) is 1.57. The number of rotatable bonds is 5. The van der Waals surface area contributed by atoms with Crippen molar-refractivity contribution in [2.75, 3.05) is 18.9 Å². The number of thiophene rings is 1. The van der Waals surface area contributed by atoms with Crippen molar-refractivity contribution in [1.82, 2.24) is 19.1 Å². The molecule has 0 saturated heterocycles. The van der Waals surface area contributed by atoms with Crippen LogP contribution in [0.2, 0.25) is 0 Å². The van der Waals surface area contributed by atoms with E-state index in [0.29, 0.717) is 11.3 Å². The van der Waals surface area contributed by atoms with Crippen molar-refractivity contribution >= 4 is 44.0 Å². The third-order valence-electron chi connectivity index (χ3n) is 3.67. The molecule has 1 N–H and O–H groups in total.